The van der Waals surface area contributed by atoms with Crippen molar-refractivity contribution in [3.05, 3.63) is 29.6 Å². The Morgan fingerprint density at radius 2 is 2.00 bits per heavy atom. The van der Waals surface area contributed by atoms with Crippen LogP contribution in [0, 0.1) is 11.2 Å². The molecule has 3 nitrogen and oxygen atoms in total. The summed E-state index contributed by atoms with van der Waals surface area (Å²) < 4.78 is 19.2. The second-order valence-electron chi connectivity index (χ2n) is 5.90. The van der Waals surface area contributed by atoms with Gasteiger partial charge in [-0.2, -0.15) is 0 Å². The van der Waals surface area contributed by atoms with Gasteiger partial charge in [0.05, 0.1) is 6.10 Å². The average molecular weight is 266 g/mol. The number of halogens is 1. The van der Waals surface area contributed by atoms with Gasteiger partial charge in [-0.15, -0.1) is 0 Å². The molecule has 1 N–H and O–H groups in total. The molecule has 1 fully saturated rings. The van der Waals surface area contributed by atoms with Crippen molar-refractivity contribution < 1.29 is 19.0 Å². The van der Waals surface area contributed by atoms with Crippen LogP contribution in [0.3, 0.4) is 0 Å². The number of carboxylic acid groups (broad SMARTS) is 1. The van der Waals surface area contributed by atoms with Crippen LogP contribution >= 0.6 is 0 Å². The van der Waals surface area contributed by atoms with Crippen LogP contribution in [-0.4, -0.2) is 17.2 Å². The zero-order valence-electron chi connectivity index (χ0n) is 11.3. The molecule has 1 aromatic rings. The minimum absolute atomic E-state index is 0.0204. The lowest BCUT2D eigenvalue weighted by molar-refractivity contribution is 0.0668. The summed E-state index contributed by atoms with van der Waals surface area (Å²) in [5.41, 5.74) is -0.0513. The third-order valence-corrected chi connectivity index (χ3v) is 3.77. The Labute approximate surface area is 112 Å². The number of hydrogen-bond acceptors (Lipinski definition) is 2. The molecule has 104 valence electrons. The minimum atomic E-state index is -1.29. The monoisotopic (exact) mass is 266 g/mol. The quantitative estimate of drug-likeness (QED) is 0.903. The molecule has 0 amide bonds. The molecule has 1 aliphatic carbocycles. The molecule has 19 heavy (non-hydrogen) atoms. The summed E-state index contributed by atoms with van der Waals surface area (Å²) >= 11 is 0. The molecule has 0 bridgehead atoms. The Hall–Kier alpha value is -1.58. The number of benzene rings is 1. The molecular weight excluding hydrogens is 247 g/mol. The van der Waals surface area contributed by atoms with Gasteiger partial charge in [0, 0.05) is 0 Å². The molecule has 0 atom stereocenters. The highest BCUT2D eigenvalue weighted by atomic mass is 19.1. The summed E-state index contributed by atoms with van der Waals surface area (Å²) in [6.45, 7) is 4.43. The lowest BCUT2D eigenvalue weighted by atomic mass is 9.76. The standard InChI is InChI=1S/C15H19FO3/c1-15(2)8-6-10(7-9-15)19-12-5-3-4-11(16)13(12)14(17)18/h3-5,10H,6-9H2,1-2H3,(H,17,18). The Kier molecular flexibility index (Phi) is 3.78. The molecule has 0 saturated heterocycles. The van der Waals surface area contributed by atoms with Crippen LogP contribution in [0.1, 0.15) is 49.9 Å². The first-order valence-corrected chi connectivity index (χ1v) is 6.57. The Morgan fingerprint density at radius 3 is 2.58 bits per heavy atom. The van der Waals surface area contributed by atoms with Crippen molar-refractivity contribution in [1.82, 2.24) is 0 Å². The van der Waals surface area contributed by atoms with Crippen LogP contribution in [0.15, 0.2) is 18.2 Å². The maximum atomic E-state index is 13.5. The fraction of sp³-hybridized carbons (Fsp3) is 0.533. The van der Waals surface area contributed by atoms with Crippen LogP contribution in [0.4, 0.5) is 4.39 Å². The van der Waals surface area contributed by atoms with Crippen molar-refractivity contribution in [2.45, 2.75) is 45.6 Å². The number of ether oxygens (including phenoxy) is 1. The fourth-order valence-electron chi connectivity index (χ4n) is 2.48. The van der Waals surface area contributed by atoms with E-state index in [2.05, 4.69) is 13.8 Å². The highest BCUT2D eigenvalue weighted by Gasteiger charge is 2.29. The average Bonchev–Trinajstić information content (AvgIpc) is 2.31. The molecular formula is C15H19FO3. The predicted molar refractivity (Wildman–Crippen MR) is 70.0 cm³/mol. The summed E-state index contributed by atoms with van der Waals surface area (Å²) in [5, 5.41) is 9.04. The highest BCUT2D eigenvalue weighted by Crippen LogP contribution is 2.37. The summed E-state index contributed by atoms with van der Waals surface area (Å²) in [6.07, 6.45) is 3.81. The van der Waals surface area contributed by atoms with Gasteiger partial charge in [0.25, 0.3) is 0 Å². The predicted octanol–water partition coefficient (Wildman–Crippen LogP) is 3.87. The molecule has 1 aromatic carbocycles. The lowest BCUT2D eigenvalue weighted by Crippen LogP contribution is -2.28. The van der Waals surface area contributed by atoms with Crippen molar-refractivity contribution in [1.29, 1.82) is 0 Å². The van der Waals surface area contributed by atoms with E-state index in [1.165, 1.54) is 12.1 Å². The molecule has 1 saturated carbocycles. The van der Waals surface area contributed by atoms with Crippen LogP contribution < -0.4 is 4.74 Å². The van der Waals surface area contributed by atoms with Gasteiger partial charge in [-0.1, -0.05) is 19.9 Å². The molecule has 0 aromatic heterocycles. The smallest absolute Gasteiger partial charge is 0.342 e. The van der Waals surface area contributed by atoms with E-state index in [4.69, 9.17) is 9.84 Å². The van der Waals surface area contributed by atoms with Crippen molar-refractivity contribution in [2.24, 2.45) is 5.41 Å². The number of hydrogen-bond donors (Lipinski definition) is 1. The normalized spacial score (nSPS) is 19.1. The zero-order valence-corrected chi connectivity index (χ0v) is 11.3. The van der Waals surface area contributed by atoms with Gasteiger partial charge in [-0.25, -0.2) is 9.18 Å². The first-order chi connectivity index (χ1) is 8.89. The van der Waals surface area contributed by atoms with Crippen molar-refractivity contribution >= 4 is 5.97 Å². The first kappa shape index (κ1) is 13.8. The second kappa shape index (κ2) is 5.19. The van der Waals surface area contributed by atoms with E-state index in [9.17, 15) is 9.18 Å². The van der Waals surface area contributed by atoms with Gasteiger partial charge in [0.1, 0.15) is 17.1 Å². The zero-order chi connectivity index (χ0) is 14.0. The van der Waals surface area contributed by atoms with E-state index in [0.717, 1.165) is 31.7 Å². The number of carbonyl (C=O) groups is 1. The summed E-state index contributed by atoms with van der Waals surface area (Å²) in [4.78, 5) is 11.1. The van der Waals surface area contributed by atoms with Gasteiger partial charge in [0.2, 0.25) is 0 Å². The molecule has 4 heteroatoms. The fourth-order valence-corrected chi connectivity index (χ4v) is 2.48. The highest BCUT2D eigenvalue weighted by molar-refractivity contribution is 5.91. The van der Waals surface area contributed by atoms with Crippen molar-refractivity contribution in [3.8, 4) is 5.75 Å². The third-order valence-electron chi connectivity index (χ3n) is 3.77. The Bertz CT molecular complexity index is 472. The van der Waals surface area contributed by atoms with E-state index in [1.807, 2.05) is 0 Å². The molecule has 0 unspecified atom stereocenters. The lowest BCUT2D eigenvalue weighted by Gasteiger charge is -2.34. The maximum Gasteiger partial charge on any atom is 0.342 e. The maximum absolute atomic E-state index is 13.5. The van der Waals surface area contributed by atoms with E-state index in [1.54, 1.807) is 0 Å². The topological polar surface area (TPSA) is 46.5 Å². The van der Waals surface area contributed by atoms with Crippen LogP contribution in [-0.2, 0) is 0 Å². The Morgan fingerprint density at radius 1 is 1.37 bits per heavy atom. The summed E-state index contributed by atoms with van der Waals surface area (Å²) in [5.74, 6) is -1.90. The number of rotatable bonds is 3. The molecule has 2 rings (SSSR count). The van der Waals surface area contributed by atoms with E-state index < -0.39 is 11.8 Å². The van der Waals surface area contributed by atoms with Gasteiger partial charge >= 0.3 is 5.97 Å². The second-order valence-corrected chi connectivity index (χ2v) is 5.90. The number of aromatic carboxylic acids is 1. The van der Waals surface area contributed by atoms with Crippen LogP contribution in [0.2, 0.25) is 0 Å². The minimum Gasteiger partial charge on any atom is -0.489 e. The Balaban J connectivity index is 2.12. The molecule has 0 heterocycles. The van der Waals surface area contributed by atoms with Crippen molar-refractivity contribution in [3.63, 3.8) is 0 Å². The largest absolute Gasteiger partial charge is 0.489 e. The van der Waals surface area contributed by atoms with Crippen molar-refractivity contribution in [2.75, 3.05) is 0 Å². The third kappa shape index (κ3) is 3.25. The van der Waals surface area contributed by atoms with Crippen LogP contribution in [0.5, 0.6) is 5.75 Å². The molecule has 1 aliphatic rings. The molecule has 0 radical (unpaired) electrons. The summed E-state index contributed by atoms with van der Waals surface area (Å²) in [7, 11) is 0. The van der Waals surface area contributed by atoms with Gasteiger partial charge in [0.15, 0.2) is 0 Å². The van der Waals surface area contributed by atoms with Gasteiger partial charge < -0.3 is 9.84 Å². The van der Waals surface area contributed by atoms with E-state index >= 15 is 0 Å². The summed E-state index contributed by atoms with van der Waals surface area (Å²) in [6, 6.07) is 4.14. The van der Waals surface area contributed by atoms with Crippen LogP contribution in [0.25, 0.3) is 0 Å². The van der Waals surface area contributed by atoms with Gasteiger partial charge in [-0.3, -0.25) is 0 Å². The molecule has 0 spiro atoms. The van der Waals surface area contributed by atoms with E-state index in [0.29, 0.717) is 5.41 Å². The number of carboxylic acids is 1. The molecule has 0 aliphatic heterocycles. The van der Waals surface area contributed by atoms with Gasteiger partial charge in [-0.05, 0) is 43.2 Å². The van der Waals surface area contributed by atoms with E-state index in [-0.39, 0.29) is 17.4 Å². The SMILES string of the molecule is CC1(C)CCC(Oc2cccc(F)c2C(=O)O)CC1. The first-order valence-electron chi connectivity index (χ1n) is 6.57.